The van der Waals surface area contributed by atoms with Crippen molar-refractivity contribution in [3.63, 3.8) is 0 Å². The molecule has 3 heteroatoms. The highest BCUT2D eigenvalue weighted by atomic mass is 19.1. The Kier molecular flexibility index (Phi) is 3.55. The highest BCUT2D eigenvalue weighted by molar-refractivity contribution is 5.54. The van der Waals surface area contributed by atoms with Crippen LogP contribution in [0.15, 0.2) is 24.3 Å². The summed E-state index contributed by atoms with van der Waals surface area (Å²) in [6.07, 6.45) is 0. The number of rotatable bonds is 4. The smallest absolute Gasteiger partial charge is 0.107 e. The van der Waals surface area contributed by atoms with Crippen LogP contribution in [0.1, 0.15) is 0 Å². The third kappa shape index (κ3) is 2.93. The van der Waals surface area contributed by atoms with Gasteiger partial charge in [0.2, 0.25) is 0 Å². The summed E-state index contributed by atoms with van der Waals surface area (Å²) in [5.74, 6) is 0. The maximum absolute atomic E-state index is 11.8. The van der Waals surface area contributed by atoms with Crippen molar-refractivity contribution in [3.05, 3.63) is 24.3 Å². The molecule has 0 bridgehead atoms. The molecule has 0 aromatic heterocycles. The van der Waals surface area contributed by atoms with E-state index < -0.39 is 0 Å². The largest absolute Gasteiger partial charge is 0.382 e. The summed E-state index contributed by atoms with van der Waals surface area (Å²) in [5.41, 5.74) is 2.11. The molecule has 0 fully saturated rings. The fraction of sp³-hybridized carbons (Fsp3) is 0.400. The standard InChI is InChI=1S/C10H15FN2/c1-13(2)10-5-3-9(4-6-10)12-8-7-11/h3-6,12H,7-8H2,1-2H3. The number of nitrogens with one attached hydrogen (secondary N) is 1. The molecular formula is C10H15FN2. The van der Waals surface area contributed by atoms with Crippen molar-refractivity contribution in [3.8, 4) is 0 Å². The topological polar surface area (TPSA) is 15.3 Å². The Morgan fingerprint density at radius 3 is 2.31 bits per heavy atom. The van der Waals surface area contributed by atoms with E-state index in [-0.39, 0.29) is 6.67 Å². The molecule has 0 aliphatic rings. The Labute approximate surface area is 78.4 Å². The molecule has 72 valence electrons. The molecule has 0 spiro atoms. The van der Waals surface area contributed by atoms with Crippen LogP contribution in [-0.2, 0) is 0 Å². The number of nitrogens with zero attached hydrogens (tertiary/aromatic N) is 1. The average molecular weight is 182 g/mol. The summed E-state index contributed by atoms with van der Waals surface area (Å²) in [4.78, 5) is 2.03. The summed E-state index contributed by atoms with van der Waals surface area (Å²) >= 11 is 0. The molecule has 1 aromatic rings. The lowest BCUT2D eigenvalue weighted by atomic mass is 10.2. The lowest BCUT2D eigenvalue weighted by Gasteiger charge is -2.12. The van der Waals surface area contributed by atoms with Crippen molar-refractivity contribution >= 4 is 11.4 Å². The van der Waals surface area contributed by atoms with Crippen LogP contribution >= 0.6 is 0 Å². The minimum absolute atomic E-state index is 0.338. The molecule has 0 unspecified atom stereocenters. The Bertz CT molecular complexity index is 244. The molecule has 0 saturated heterocycles. The van der Waals surface area contributed by atoms with Gasteiger partial charge in [-0.25, -0.2) is 4.39 Å². The molecule has 0 aliphatic heterocycles. The first-order chi connectivity index (χ1) is 6.24. The van der Waals surface area contributed by atoms with E-state index in [0.717, 1.165) is 11.4 Å². The van der Waals surface area contributed by atoms with E-state index in [2.05, 4.69) is 5.32 Å². The van der Waals surface area contributed by atoms with Crippen LogP contribution in [0, 0.1) is 0 Å². The van der Waals surface area contributed by atoms with Crippen LogP contribution in [0.25, 0.3) is 0 Å². The first-order valence-corrected chi connectivity index (χ1v) is 4.31. The molecule has 1 N–H and O–H groups in total. The molecule has 0 aliphatic carbocycles. The number of hydrogen-bond acceptors (Lipinski definition) is 2. The van der Waals surface area contributed by atoms with Gasteiger partial charge in [-0.1, -0.05) is 0 Å². The number of benzene rings is 1. The Balaban J connectivity index is 2.59. The van der Waals surface area contributed by atoms with Crippen LogP contribution in [0.3, 0.4) is 0 Å². The van der Waals surface area contributed by atoms with Crippen LogP contribution in [0.5, 0.6) is 0 Å². The normalized spacial score (nSPS) is 9.77. The fourth-order valence-corrected chi connectivity index (χ4v) is 1.07. The molecule has 13 heavy (non-hydrogen) atoms. The first kappa shape index (κ1) is 9.84. The SMILES string of the molecule is CN(C)c1ccc(NCCF)cc1. The molecule has 2 nitrogen and oxygen atoms in total. The van der Waals surface area contributed by atoms with Crippen LogP contribution < -0.4 is 10.2 Å². The number of anilines is 2. The fourth-order valence-electron chi connectivity index (χ4n) is 1.07. The van der Waals surface area contributed by atoms with Gasteiger partial charge in [0, 0.05) is 32.0 Å². The van der Waals surface area contributed by atoms with E-state index >= 15 is 0 Å². The zero-order chi connectivity index (χ0) is 9.68. The molecule has 0 amide bonds. The second kappa shape index (κ2) is 4.70. The van der Waals surface area contributed by atoms with Gasteiger partial charge in [0.15, 0.2) is 0 Å². The lowest BCUT2D eigenvalue weighted by molar-refractivity contribution is 0.513. The van der Waals surface area contributed by atoms with E-state index in [1.807, 2.05) is 43.3 Å². The van der Waals surface area contributed by atoms with Crippen molar-refractivity contribution in [1.82, 2.24) is 0 Å². The minimum atomic E-state index is -0.338. The summed E-state index contributed by atoms with van der Waals surface area (Å²) in [7, 11) is 3.98. The molecular weight excluding hydrogens is 167 g/mol. The quantitative estimate of drug-likeness (QED) is 0.767. The van der Waals surface area contributed by atoms with Gasteiger partial charge in [-0.3, -0.25) is 0 Å². The number of halogens is 1. The van der Waals surface area contributed by atoms with E-state index in [1.165, 1.54) is 0 Å². The highest BCUT2D eigenvalue weighted by Gasteiger charge is 1.94. The van der Waals surface area contributed by atoms with Gasteiger partial charge in [0.05, 0.1) is 0 Å². The van der Waals surface area contributed by atoms with Gasteiger partial charge >= 0.3 is 0 Å². The lowest BCUT2D eigenvalue weighted by Crippen LogP contribution is -2.08. The van der Waals surface area contributed by atoms with Crippen LogP contribution in [0.4, 0.5) is 15.8 Å². The Morgan fingerprint density at radius 1 is 1.23 bits per heavy atom. The van der Waals surface area contributed by atoms with Crippen molar-refractivity contribution in [1.29, 1.82) is 0 Å². The van der Waals surface area contributed by atoms with Crippen molar-refractivity contribution in [2.75, 3.05) is 37.5 Å². The molecule has 1 rings (SSSR count). The van der Waals surface area contributed by atoms with Gasteiger partial charge in [-0.2, -0.15) is 0 Å². The molecule has 1 aromatic carbocycles. The van der Waals surface area contributed by atoms with Crippen molar-refractivity contribution in [2.45, 2.75) is 0 Å². The summed E-state index contributed by atoms with van der Waals surface area (Å²) in [6, 6.07) is 7.90. The summed E-state index contributed by atoms with van der Waals surface area (Å²) < 4.78 is 11.8. The van der Waals surface area contributed by atoms with E-state index in [1.54, 1.807) is 0 Å². The Hall–Kier alpha value is -1.25. The van der Waals surface area contributed by atoms with E-state index in [4.69, 9.17) is 0 Å². The predicted octanol–water partition coefficient (Wildman–Crippen LogP) is 2.13. The minimum Gasteiger partial charge on any atom is -0.382 e. The predicted molar refractivity (Wildman–Crippen MR) is 55.2 cm³/mol. The monoisotopic (exact) mass is 182 g/mol. The second-order valence-electron chi connectivity index (χ2n) is 3.06. The number of alkyl halides is 1. The zero-order valence-corrected chi connectivity index (χ0v) is 8.05. The molecule has 0 atom stereocenters. The Morgan fingerprint density at radius 2 is 1.85 bits per heavy atom. The zero-order valence-electron chi connectivity index (χ0n) is 8.05. The van der Waals surface area contributed by atoms with Crippen molar-refractivity contribution < 1.29 is 4.39 Å². The van der Waals surface area contributed by atoms with Crippen LogP contribution in [0.2, 0.25) is 0 Å². The maximum Gasteiger partial charge on any atom is 0.107 e. The van der Waals surface area contributed by atoms with Gasteiger partial charge in [-0.15, -0.1) is 0 Å². The second-order valence-corrected chi connectivity index (χ2v) is 3.06. The number of hydrogen-bond donors (Lipinski definition) is 1. The average Bonchev–Trinajstić information content (AvgIpc) is 2.15. The molecule has 0 radical (unpaired) electrons. The van der Waals surface area contributed by atoms with E-state index in [0.29, 0.717) is 6.54 Å². The highest BCUT2D eigenvalue weighted by Crippen LogP contribution is 2.15. The van der Waals surface area contributed by atoms with E-state index in [9.17, 15) is 4.39 Å². The third-order valence-corrected chi connectivity index (χ3v) is 1.81. The van der Waals surface area contributed by atoms with Gasteiger partial charge in [0.1, 0.15) is 6.67 Å². The molecule has 0 heterocycles. The first-order valence-electron chi connectivity index (χ1n) is 4.31. The van der Waals surface area contributed by atoms with Gasteiger partial charge < -0.3 is 10.2 Å². The van der Waals surface area contributed by atoms with Gasteiger partial charge in [0.25, 0.3) is 0 Å². The summed E-state index contributed by atoms with van der Waals surface area (Å²) in [5, 5.41) is 2.97. The third-order valence-electron chi connectivity index (χ3n) is 1.81. The van der Waals surface area contributed by atoms with Gasteiger partial charge in [-0.05, 0) is 24.3 Å². The summed E-state index contributed by atoms with van der Waals surface area (Å²) in [6.45, 7) is 0.0384. The molecule has 0 saturated carbocycles. The maximum atomic E-state index is 11.8. The van der Waals surface area contributed by atoms with Crippen molar-refractivity contribution in [2.24, 2.45) is 0 Å². The van der Waals surface area contributed by atoms with Crippen LogP contribution in [-0.4, -0.2) is 27.3 Å².